The van der Waals surface area contributed by atoms with E-state index in [1.165, 1.54) is 12.1 Å². The summed E-state index contributed by atoms with van der Waals surface area (Å²) < 4.78 is 19.2. The molecule has 0 spiro atoms. The molecule has 3 aromatic rings. The number of aromatic nitrogens is 2. The average molecular weight is 339 g/mol. The van der Waals surface area contributed by atoms with Gasteiger partial charge >= 0.3 is 0 Å². The lowest BCUT2D eigenvalue weighted by atomic mass is 10.1. The van der Waals surface area contributed by atoms with Gasteiger partial charge in [-0.3, -0.25) is 9.78 Å². The van der Waals surface area contributed by atoms with Gasteiger partial charge in [-0.25, -0.2) is 4.39 Å². The van der Waals surface area contributed by atoms with E-state index in [9.17, 15) is 9.18 Å². The maximum Gasteiger partial charge on any atom is 0.270 e. The number of rotatable bonds is 2. The molecule has 1 aromatic carbocycles. The number of aryl methyl sites for hydroxylation is 1. The van der Waals surface area contributed by atoms with Gasteiger partial charge < -0.3 is 14.6 Å². The van der Waals surface area contributed by atoms with Crippen molar-refractivity contribution < 1.29 is 13.9 Å². The van der Waals surface area contributed by atoms with Crippen LogP contribution in [0.15, 0.2) is 42.6 Å². The fourth-order valence-electron chi connectivity index (χ4n) is 3.19. The van der Waals surface area contributed by atoms with E-state index in [1.807, 2.05) is 19.1 Å². The van der Waals surface area contributed by atoms with Gasteiger partial charge in [0.15, 0.2) is 0 Å². The lowest BCUT2D eigenvalue weighted by Gasteiger charge is -2.33. The van der Waals surface area contributed by atoms with Crippen molar-refractivity contribution in [3.8, 4) is 0 Å². The van der Waals surface area contributed by atoms with E-state index in [-0.39, 0.29) is 17.8 Å². The molecule has 128 valence electrons. The molecule has 1 saturated heterocycles. The number of benzene rings is 1. The molecule has 6 heteroatoms. The molecule has 3 heterocycles. The Morgan fingerprint density at radius 1 is 1.32 bits per heavy atom. The zero-order chi connectivity index (χ0) is 17.4. The van der Waals surface area contributed by atoms with E-state index in [2.05, 4.69) is 9.97 Å². The fourth-order valence-corrected chi connectivity index (χ4v) is 3.19. The van der Waals surface area contributed by atoms with Crippen LogP contribution in [-0.2, 0) is 4.74 Å². The SMILES string of the molecule is Cc1cc(C2CN(C(=O)c3cc4cc(F)ccc4[nH]3)CCO2)ccn1. The summed E-state index contributed by atoms with van der Waals surface area (Å²) in [6.07, 6.45) is 1.59. The monoisotopic (exact) mass is 339 g/mol. The van der Waals surface area contributed by atoms with Crippen molar-refractivity contribution in [3.63, 3.8) is 0 Å². The molecule has 0 aliphatic carbocycles. The van der Waals surface area contributed by atoms with Crippen molar-refractivity contribution >= 4 is 16.8 Å². The summed E-state index contributed by atoms with van der Waals surface area (Å²) in [4.78, 5) is 21.9. The summed E-state index contributed by atoms with van der Waals surface area (Å²) in [5.74, 6) is -0.416. The van der Waals surface area contributed by atoms with Gasteiger partial charge in [0.2, 0.25) is 0 Å². The molecule has 5 nitrogen and oxygen atoms in total. The highest BCUT2D eigenvalue weighted by molar-refractivity contribution is 5.98. The van der Waals surface area contributed by atoms with Crippen molar-refractivity contribution in [2.24, 2.45) is 0 Å². The lowest BCUT2D eigenvalue weighted by molar-refractivity contribution is -0.0230. The van der Waals surface area contributed by atoms with Crippen LogP contribution in [0, 0.1) is 12.7 Å². The molecule has 1 fully saturated rings. The second-order valence-electron chi connectivity index (χ2n) is 6.26. The number of fused-ring (bicyclic) bond motifs is 1. The fraction of sp³-hybridized carbons (Fsp3) is 0.263. The normalized spacial score (nSPS) is 17.8. The van der Waals surface area contributed by atoms with E-state index < -0.39 is 0 Å². The van der Waals surface area contributed by atoms with Crippen LogP contribution in [-0.4, -0.2) is 40.5 Å². The molecule has 1 N–H and O–H groups in total. The zero-order valence-electron chi connectivity index (χ0n) is 13.8. The summed E-state index contributed by atoms with van der Waals surface area (Å²) in [7, 11) is 0. The maximum atomic E-state index is 13.3. The molecule has 0 saturated carbocycles. The molecule has 1 aliphatic heterocycles. The van der Waals surface area contributed by atoms with Crippen molar-refractivity contribution in [1.29, 1.82) is 0 Å². The van der Waals surface area contributed by atoms with E-state index in [4.69, 9.17) is 4.74 Å². The number of hydrogen-bond acceptors (Lipinski definition) is 3. The Kier molecular flexibility index (Phi) is 3.97. The van der Waals surface area contributed by atoms with E-state index in [0.29, 0.717) is 30.8 Å². The van der Waals surface area contributed by atoms with E-state index >= 15 is 0 Å². The number of pyridine rings is 1. The summed E-state index contributed by atoms with van der Waals surface area (Å²) in [6.45, 7) is 3.42. The Morgan fingerprint density at radius 2 is 2.20 bits per heavy atom. The van der Waals surface area contributed by atoms with Gasteiger partial charge in [0.05, 0.1) is 13.2 Å². The van der Waals surface area contributed by atoms with E-state index in [0.717, 1.165) is 16.8 Å². The Balaban J connectivity index is 1.56. The number of hydrogen-bond donors (Lipinski definition) is 1. The molecule has 1 amide bonds. The minimum Gasteiger partial charge on any atom is -0.370 e. The van der Waals surface area contributed by atoms with Crippen LogP contribution in [0.2, 0.25) is 0 Å². The van der Waals surface area contributed by atoms with Gasteiger partial charge in [0.1, 0.15) is 17.6 Å². The van der Waals surface area contributed by atoms with Crippen LogP contribution in [0.4, 0.5) is 4.39 Å². The van der Waals surface area contributed by atoms with Crippen LogP contribution in [0.1, 0.15) is 27.8 Å². The number of aromatic amines is 1. The zero-order valence-corrected chi connectivity index (χ0v) is 13.8. The molecule has 1 aliphatic rings. The lowest BCUT2D eigenvalue weighted by Crippen LogP contribution is -2.42. The standard InChI is InChI=1S/C19H18FN3O2/c1-12-8-13(4-5-21-12)18-11-23(6-7-25-18)19(24)17-10-14-9-15(20)2-3-16(14)22-17/h2-5,8-10,18,22H,6-7,11H2,1H3. The maximum absolute atomic E-state index is 13.3. The average Bonchev–Trinajstić information content (AvgIpc) is 3.04. The second kappa shape index (κ2) is 6.29. The second-order valence-corrected chi connectivity index (χ2v) is 6.26. The van der Waals surface area contributed by atoms with Crippen molar-refractivity contribution in [2.75, 3.05) is 19.7 Å². The Hall–Kier alpha value is -2.73. The third-order valence-electron chi connectivity index (χ3n) is 4.46. The van der Waals surface area contributed by atoms with Gasteiger partial charge in [-0.05, 0) is 48.9 Å². The highest BCUT2D eigenvalue weighted by atomic mass is 19.1. The summed E-state index contributed by atoms with van der Waals surface area (Å²) in [5.41, 5.74) is 3.15. The predicted octanol–water partition coefficient (Wildman–Crippen LogP) is 3.22. The van der Waals surface area contributed by atoms with Crippen LogP contribution in [0.5, 0.6) is 0 Å². The van der Waals surface area contributed by atoms with Crippen LogP contribution in [0.3, 0.4) is 0 Å². The van der Waals surface area contributed by atoms with E-state index in [1.54, 1.807) is 23.2 Å². The number of amides is 1. The number of nitrogens with zero attached hydrogens (tertiary/aromatic N) is 2. The molecule has 0 radical (unpaired) electrons. The molecule has 1 unspecified atom stereocenters. The molecule has 4 rings (SSSR count). The number of carbonyl (C=O) groups is 1. The predicted molar refractivity (Wildman–Crippen MR) is 91.8 cm³/mol. The van der Waals surface area contributed by atoms with Gasteiger partial charge in [-0.1, -0.05) is 0 Å². The van der Waals surface area contributed by atoms with Gasteiger partial charge in [-0.2, -0.15) is 0 Å². The molecular formula is C19H18FN3O2. The minimum atomic E-state index is -0.315. The Morgan fingerprint density at radius 3 is 3.04 bits per heavy atom. The highest BCUT2D eigenvalue weighted by Gasteiger charge is 2.27. The van der Waals surface area contributed by atoms with Crippen LogP contribution >= 0.6 is 0 Å². The van der Waals surface area contributed by atoms with Gasteiger partial charge in [0.25, 0.3) is 5.91 Å². The first-order chi connectivity index (χ1) is 12.1. The number of halogens is 1. The van der Waals surface area contributed by atoms with Gasteiger partial charge in [-0.15, -0.1) is 0 Å². The third kappa shape index (κ3) is 3.13. The largest absolute Gasteiger partial charge is 0.370 e. The van der Waals surface area contributed by atoms with Crippen LogP contribution in [0.25, 0.3) is 10.9 Å². The Labute approximate surface area is 144 Å². The number of H-pyrrole nitrogens is 1. The summed E-state index contributed by atoms with van der Waals surface area (Å²) >= 11 is 0. The minimum absolute atomic E-state index is 0.101. The van der Waals surface area contributed by atoms with Crippen molar-refractivity contribution in [2.45, 2.75) is 13.0 Å². The first-order valence-corrected chi connectivity index (χ1v) is 8.22. The molecular weight excluding hydrogens is 321 g/mol. The molecule has 2 aromatic heterocycles. The van der Waals surface area contributed by atoms with Crippen molar-refractivity contribution in [3.05, 3.63) is 65.4 Å². The summed E-state index contributed by atoms with van der Waals surface area (Å²) in [5, 5.41) is 0.693. The number of morpholine rings is 1. The third-order valence-corrected chi connectivity index (χ3v) is 4.46. The summed E-state index contributed by atoms with van der Waals surface area (Å²) in [6, 6.07) is 10.0. The highest BCUT2D eigenvalue weighted by Crippen LogP contribution is 2.24. The smallest absolute Gasteiger partial charge is 0.270 e. The molecule has 0 bridgehead atoms. The quantitative estimate of drug-likeness (QED) is 0.780. The molecule has 1 atom stereocenters. The number of nitrogens with one attached hydrogen (secondary N) is 1. The first-order valence-electron chi connectivity index (χ1n) is 8.22. The van der Waals surface area contributed by atoms with Crippen LogP contribution < -0.4 is 0 Å². The first kappa shape index (κ1) is 15.8. The number of carbonyl (C=O) groups excluding carboxylic acids is 1. The van der Waals surface area contributed by atoms with Crippen molar-refractivity contribution in [1.82, 2.24) is 14.9 Å². The Bertz CT molecular complexity index is 937. The topological polar surface area (TPSA) is 58.2 Å². The molecule has 25 heavy (non-hydrogen) atoms. The van der Waals surface area contributed by atoms with Gasteiger partial charge in [0, 0.05) is 29.3 Å². The number of ether oxygens (including phenoxy) is 1.